The van der Waals surface area contributed by atoms with Crippen LogP contribution in [0.25, 0.3) is 12.2 Å². The van der Waals surface area contributed by atoms with E-state index < -0.39 is 0 Å². The Morgan fingerprint density at radius 1 is 0.840 bits per heavy atom. The summed E-state index contributed by atoms with van der Waals surface area (Å²) in [5.74, 6) is 1.65. The van der Waals surface area contributed by atoms with Crippen LogP contribution in [-0.2, 0) is 6.61 Å². The highest BCUT2D eigenvalue weighted by atomic mass is 16.5. The monoisotopic (exact) mass is 332 g/mol. The van der Waals surface area contributed by atoms with Crippen molar-refractivity contribution in [2.24, 2.45) is 0 Å². The van der Waals surface area contributed by atoms with Crippen molar-refractivity contribution in [2.45, 2.75) is 6.61 Å². The Balaban J connectivity index is 1.78. The molecule has 1 N–H and O–H groups in total. The summed E-state index contributed by atoms with van der Waals surface area (Å²) in [5, 5.41) is 10.2. The molecule has 3 heteroatoms. The molecule has 3 rings (SSSR count). The van der Waals surface area contributed by atoms with Crippen molar-refractivity contribution in [3.63, 3.8) is 0 Å². The summed E-state index contributed by atoms with van der Waals surface area (Å²) in [4.78, 5) is 0. The van der Waals surface area contributed by atoms with Gasteiger partial charge in [0.1, 0.15) is 23.9 Å². The fraction of sp³-hybridized carbons (Fsp3) is 0.0909. The quantitative estimate of drug-likeness (QED) is 0.634. The largest absolute Gasteiger partial charge is 0.507 e. The summed E-state index contributed by atoms with van der Waals surface area (Å²) in [6.07, 6.45) is 3.79. The van der Waals surface area contributed by atoms with Crippen molar-refractivity contribution in [1.29, 1.82) is 0 Å². The Bertz CT molecular complexity index is 837. The SMILES string of the molecule is COc1ccc(C=Cc2c(O)cccc2OCc2ccccc2)cc1. The molecule has 3 aromatic rings. The molecule has 0 unspecified atom stereocenters. The Morgan fingerprint density at radius 3 is 2.32 bits per heavy atom. The first-order valence-electron chi connectivity index (χ1n) is 8.07. The number of phenols is 1. The Labute approximate surface area is 147 Å². The summed E-state index contributed by atoms with van der Waals surface area (Å²) in [6, 6.07) is 23.0. The standard InChI is InChI=1S/C22H20O3/c1-24-19-13-10-17(11-14-19)12-15-20-21(23)8-5-9-22(20)25-16-18-6-3-2-4-7-18/h2-15,23H,16H2,1H3. The van der Waals surface area contributed by atoms with Gasteiger partial charge in [-0.15, -0.1) is 0 Å². The maximum absolute atomic E-state index is 10.2. The molecule has 25 heavy (non-hydrogen) atoms. The van der Waals surface area contributed by atoms with Crippen LogP contribution in [0, 0.1) is 0 Å². The molecule has 3 aromatic carbocycles. The zero-order chi connectivity index (χ0) is 17.5. The normalized spacial score (nSPS) is 10.8. The van der Waals surface area contributed by atoms with Gasteiger partial charge in [0.05, 0.1) is 12.7 Å². The van der Waals surface area contributed by atoms with Crippen LogP contribution in [0.2, 0.25) is 0 Å². The van der Waals surface area contributed by atoms with Gasteiger partial charge in [0.15, 0.2) is 0 Å². The second kappa shape index (κ2) is 8.06. The van der Waals surface area contributed by atoms with Gasteiger partial charge in [-0.3, -0.25) is 0 Å². The minimum absolute atomic E-state index is 0.190. The fourth-order valence-corrected chi connectivity index (χ4v) is 2.46. The summed E-state index contributed by atoms with van der Waals surface area (Å²) in [7, 11) is 1.64. The van der Waals surface area contributed by atoms with Crippen molar-refractivity contribution >= 4 is 12.2 Å². The minimum Gasteiger partial charge on any atom is -0.507 e. The van der Waals surface area contributed by atoms with Crippen LogP contribution in [-0.4, -0.2) is 12.2 Å². The number of aromatic hydroxyl groups is 1. The summed E-state index contributed by atoms with van der Waals surface area (Å²) < 4.78 is 11.1. The average molecular weight is 332 g/mol. The smallest absolute Gasteiger partial charge is 0.130 e. The molecule has 0 radical (unpaired) electrons. The molecule has 0 saturated heterocycles. The number of phenolic OH excluding ortho intramolecular Hbond substituents is 1. The summed E-state index contributed by atoms with van der Waals surface area (Å²) in [6.45, 7) is 0.452. The van der Waals surface area contributed by atoms with Gasteiger partial charge in [0.2, 0.25) is 0 Å². The Kier molecular flexibility index (Phi) is 5.37. The Morgan fingerprint density at radius 2 is 1.60 bits per heavy atom. The van der Waals surface area contributed by atoms with Crippen LogP contribution < -0.4 is 9.47 Å². The maximum atomic E-state index is 10.2. The average Bonchev–Trinajstić information content (AvgIpc) is 2.67. The van der Waals surface area contributed by atoms with Gasteiger partial charge >= 0.3 is 0 Å². The van der Waals surface area contributed by atoms with Gasteiger partial charge in [-0.05, 0) is 41.5 Å². The molecule has 0 aliphatic carbocycles. The van der Waals surface area contributed by atoms with Crippen LogP contribution in [0.4, 0.5) is 0 Å². The molecule has 0 fully saturated rings. The second-order valence-electron chi connectivity index (χ2n) is 5.57. The summed E-state index contributed by atoms with van der Waals surface area (Å²) >= 11 is 0. The van der Waals surface area contributed by atoms with E-state index in [-0.39, 0.29) is 5.75 Å². The molecular weight excluding hydrogens is 312 g/mol. The third-order valence-electron chi connectivity index (χ3n) is 3.84. The molecule has 0 bridgehead atoms. The molecule has 0 spiro atoms. The van der Waals surface area contributed by atoms with Crippen molar-refractivity contribution in [3.05, 3.63) is 89.5 Å². The lowest BCUT2D eigenvalue weighted by Gasteiger charge is -2.10. The van der Waals surface area contributed by atoms with Gasteiger partial charge < -0.3 is 14.6 Å². The van der Waals surface area contributed by atoms with E-state index in [1.807, 2.05) is 72.8 Å². The molecular formula is C22H20O3. The first-order chi connectivity index (χ1) is 12.3. The third-order valence-corrected chi connectivity index (χ3v) is 3.84. The molecule has 126 valence electrons. The van der Waals surface area contributed by atoms with E-state index in [2.05, 4.69) is 0 Å². The molecule has 0 aliphatic rings. The van der Waals surface area contributed by atoms with Gasteiger partial charge in [-0.2, -0.15) is 0 Å². The Hall–Kier alpha value is -3.20. The maximum Gasteiger partial charge on any atom is 0.130 e. The molecule has 0 saturated carbocycles. The van der Waals surface area contributed by atoms with Gasteiger partial charge in [-0.25, -0.2) is 0 Å². The van der Waals surface area contributed by atoms with Crippen molar-refractivity contribution in [1.82, 2.24) is 0 Å². The topological polar surface area (TPSA) is 38.7 Å². The molecule has 0 atom stereocenters. The molecule has 3 nitrogen and oxygen atoms in total. The molecule has 0 amide bonds. The van der Waals surface area contributed by atoms with Crippen LogP contribution in [0.15, 0.2) is 72.8 Å². The highest BCUT2D eigenvalue weighted by molar-refractivity contribution is 5.75. The first-order valence-corrected chi connectivity index (χ1v) is 8.07. The van der Waals surface area contributed by atoms with Crippen LogP contribution in [0.5, 0.6) is 17.2 Å². The fourth-order valence-electron chi connectivity index (χ4n) is 2.46. The number of rotatable bonds is 6. The lowest BCUT2D eigenvalue weighted by atomic mass is 10.1. The van der Waals surface area contributed by atoms with Crippen molar-refractivity contribution in [2.75, 3.05) is 7.11 Å². The number of hydrogen-bond acceptors (Lipinski definition) is 3. The van der Waals surface area contributed by atoms with Crippen molar-refractivity contribution in [3.8, 4) is 17.2 Å². The van der Waals surface area contributed by atoms with Crippen LogP contribution in [0.1, 0.15) is 16.7 Å². The van der Waals surface area contributed by atoms with Crippen LogP contribution >= 0.6 is 0 Å². The van der Waals surface area contributed by atoms with Crippen molar-refractivity contribution < 1.29 is 14.6 Å². The predicted octanol–water partition coefficient (Wildman–Crippen LogP) is 5.15. The number of hydrogen-bond donors (Lipinski definition) is 1. The second-order valence-corrected chi connectivity index (χ2v) is 5.57. The zero-order valence-corrected chi connectivity index (χ0v) is 14.1. The predicted molar refractivity (Wildman–Crippen MR) is 101 cm³/mol. The van der Waals surface area contributed by atoms with E-state index in [9.17, 15) is 5.11 Å². The lowest BCUT2D eigenvalue weighted by molar-refractivity contribution is 0.303. The molecule has 0 aromatic heterocycles. The van der Waals surface area contributed by atoms with E-state index in [0.29, 0.717) is 17.9 Å². The van der Waals surface area contributed by atoms with Gasteiger partial charge in [-0.1, -0.05) is 54.6 Å². The molecule has 0 aliphatic heterocycles. The minimum atomic E-state index is 0.190. The zero-order valence-electron chi connectivity index (χ0n) is 14.1. The van der Waals surface area contributed by atoms with Crippen LogP contribution in [0.3, 0.4) is 0 Å². The van der Waals surface area contributed by atoms with E-state index in [0.717, 1.165) is 16.9 Å². The number of ether oxygens (including phenoxy) is 2. The summed E-state index contributed by atoms with van der Waals surface area (Å²) in [5.41, 5.74) is 2.75. The number of methoxy groups -OCH3 is 1. The lowest BCUT2D eigenvalue weighted by Crippen LogP contribution is -1.96. The van der Waals surface area contributed by atoms with E-state index in [1.54, 1.807) is 19.2 Å². The first kappa shape index (κ1) is 16.7. The number of benzene rings is 3. The molecule has 0 heterocycles. The highest BCUT2D eigenvalue weighted by Gasteiger charge is 2.06. The third kappa shape index (κ3) is 4.42. The van der Waals surface area contributed by atoms with E-state index in [4.69, 9.17) is 9.47 Å². The van der Waals surface area contributed by atoms with E-state index in [1.165, 1.54) is 0 Å². The van der Waals surface area contributed by atoms with E-state index >= 15 is 0 Å². The van der Waals surface area contributed by atoms with Gasteiger partial charge in [0.25, 0.3) is 0 Å². The highest BCUT2D eigenvalue weighted by Crippen LogP contribution is 2.30. The van der Waals surface area contributed by atoms with Gasteiger partial charge in [0, 0.05) is 0 Å².